The lowest BCUT2D eigenvalue weighted by molar-refractivity contribution is 0.111. The standard InChI is InChI=1S/C11H8BrNO/c1-7-4-8-2-3-9(6-14)13-11(8)10(12)5-7/h2-6H,1H3. The van der Waals surface area contributed by atoms with Crippen LogP contribution in [0.25, 0.3) is 10.9 Å². The van der Waals surface area contributed by atoms with E-state index in [0.717, 1.165) is 21.7 Å². The molecule has 2 nitrogen and oxygen atoms in total. The fraction of sp³-hybridized carbons (Fsp3) is 0.0909. The highest BCUT2D eigenvalue weighted by Gasteiger charge is 2.02. The van der Waals surface area contributed by atoms with Crippen molar-refractivity contribution in [3.63, 3.8) is 0 Å². The number of rotatable bonds is 1. The molecule has 70 valence electrons. The summed E-state index contributed by atoms with van der Waals surface area (Å²) in [5.74, 6) is 0. The molecule has 14 heavy (non-hydrogen) atoms. The van der Waals surface area contributed by atoms with Crippen LogP contribution < -0.4 is 0 Å². The first-order chi connectivity index (χ1) is 6.70. The van der Waals surface area contributed by atoms with Crippen molar-refractivity contribution >= 4 is 33.1 Å². The number of halogens is 1. The predicted octanol–water partition coefficient (Wildman–Crippen LogP) is 3.12. The van der Waals surface area contributed by atoms with Crippen molar-refractivity contribution in [2.45, 2.75) is 6.92 Å². The Bertz CT molecular complexity index is 508. The molecule has 3 heteroatoms. The van der Waals surface area contributed by atoms with Gasteiger partial charge < -0.3 is 0 Å². The molecule has 0 aliphatic carbocycles. The van der Waals surface area contributed by atoms with E-state index in [9.17, 15) is 4.79 Å². The van der Waals surface area contributed by atoms with Crippen LogP contribution in [0.3, 0.4) is 0 Å². The summed E-state index contributed by atoms with van der Waals surface area (Å²) in [6.07, 6.45) is 0.756. The van der Waals surface area contributed by atoms with Gasteiger partial charge in [0.1, 0.15) is 5.69 Å². The molecule has 1 aromatic carbocycles. The molecule has 0 spiro atoms. The highest BCUT2D eigenvalue weighted by molar-refractivity contribution is 9.10. The molecule has 1 aromatic heterocycles. The van der Waals surface area contributed by atoms with Crippen molar-refractivity contribution < 1.29 is 4.79 Å². The molecule has 0 aliphatic rings. The number of benzene rings is 1. The molecule has 0 saturated heterocycles. The van der Waals surface area contributed by atoms with Crippen molar-refractivity contribution in [3.05, 3.63) is 40.0 Å². The van der Waals surface area contributed by atoms with E-state index in [1.807, 2.05) is 25.1 Å². The summed E-state index contributed by atoms with van der Waals surface area (Å²) in [4.78, 5) is 14.8. The van der Waals surface area contributed by atoms with E-state index in [-0.39, 0.29) is 0 Å². The number of aldehydes is 1. The van der Waals surface area contributed by atoms with Crippen LogP contribution in [0.4, 0.5) is 0 Å². The number of hydrogen-bond acceptors (Lipinski definition) is 2. The van der Waals surface area contributed by atoms with Crippen LogP contribution >= 0.6 is 15.9 Å². The maximum Gasteiger partial charge on any atom is 0.168 e. The van der Waals surface area contributed by atoms with Gasteiger partial charge in [-0.15, -0.1) is 0 Å². The van der Waals surface area contributed by atoms with Crippen molar-refractivity contribution in [2.75, 3.05) is 0 Å². The maximum absolute atomic E-state index is 10.6. The molecule has 2 rings (SSSR count). The lowest BCUT2D eigenvalue weighted by Crippen LogP contribution is -1.88. The molecular weight excluding hydrogens is 242 g/mol. The van der Waals surface area contributed by atoms with Crippen molar-refractivity contribution in [1.29, 1.82) is 0 Å². The molecule has 0 fully saturated rings. The Hall–Kier alpha value is -1.22. The largest absolute Gasteiger partial charge is 0.296 e. The SMILES string of the molecule is Cc1cc(Br)c2nc(C=O)ccc2c1. The maximum atomic E-state index is 10.6. The van der Waals surface area contributed by atoms with Gasteiger partial charge in [0.2, 0.25) is 0 Å². The van der Waals surface area contributed by atoms with E-state index in [0.29, 0.717) is 5.69 Å². The van der Waals surface area contributed by atoms with E-state index in [1.54, 1.807) is 6.07 Å². The van der Waals surface area contributed by atoms with Crippen LogP contribution in [0.15, 0.2) is 28.7 Å². The zero-order valence-electron chi connectivity index (χ0n) is 7.62. The highest BCUT2D eigenvalue weighted by Crippen LogP contribution is 2.23. The zero-order valence-corrected chi connectivity index (χ0v) is 9.21. The van der Waals surface area contributed by atoms with Crippen LogP contribution in [0.1, 0.15) is 16.1 Å². The molecule has 0 atom stereocenters. The summed E-state index contributed by atoms with van der Waals surface area (Å²) in [5.41, 5.74) is 2.47. The summed E-state index contributed by atoms with van der Waals surface area (Å²) in [7, 11) is 0. The number of carbonyl (C=O) groups excluding carboxylic acids is 1. The van der Waals surface area contributed by atoms with E-state index >= 15 is 0 Å². The Morgan fingerprint density at radius 3 is 2.86 bits per heavy atom. The van der Waals surface area contributed by atoms with Gasteiger partial charge in [-0.25, -0.2) is 4.98 Å². The number of nitrogens with zero attached hydrogens (tertiary/aromatic N) is 1. The van der Waals surface area contributed by atoms with Crippen molar-refractivity contribution in [2.24, 2.45) is 0 Å². The molecule has 1 heterocycles. The Labute approximate surface area is 90.1 Å². The van der Waals surface area contributed by atoms with E-state index < -0.39 is 0 Å². The summed E-state index contributed by atoms with van der Waals surface area (Å²) in [6.45, 7) is 2.03. The molecule has 0 amide bonds. The smallest absolute Gasteiger partial charge is 0.168 e. The van der Waals surface area contributed by atoms with Gasteiger partial charge in [-0.2, -0.15) is 0 Å². The number of carbonyl (C=O) groups is 1. The number of hydrogen-bond donors (Lipinski definition) is 0. The van der Waals surface area contributed by atoms with Gasteiger partial charge in [-0.3, -0.25) is 4.79 Å². The molecule has 0 radical (unpaired) electrons. The second-order valence-corrected chi connectivity index (χ2v) is 4.03. The summed E-state index contributed by atoms with van der Waals surface area (Å²) in [6, 6.07) is 7.66. The first-order valence-corrected chi connectivity index (χ1v) is 5.02. The van der Waals surface area contributed by atoms with Crippen LogP contribution in [-0.2, 0) is 0 Å². The van der Waals surface area contributed by atoms with Gasteiger partial charge in [-0.1, -0.05) is 6.07 Å². The Balaban J connectivity index is 2.81. The average molecular weight is 250 g/mol. The van der Waals surface area contributed by atoms with Gasteiger partial charge in [0.15, 0.2) is 6.29 Å². The molecule has 0 saturated carbocycles. The predicted molar refractivity (Wildman–Crippen MR) is 59.6 cm³/mol. The second kappa shape index (κ2) is 3.50. The number of fused-ring (bicyclic) bond motifs is 1. The topological polar surface area (TPSA) is 30.0 Å². The third kappa shape index (κ3) is 1.55. The van der Waals surface area contributed by atoms with Crippen LogP contribution in [0.2, 0.25) is 0 Å². The Morgan fingerprint density at radius 2 is 2.14 bits per heavy atom. The lowest BCUT2D eigenvalue weighted by atomic mass is 10.1. The van der Waals surface area contributed by atoms with Gasteiger partial charge >= 0.3 is 0 Å². The van der Waals surface area contributed by atoms with E-state index in [2.05, 4.69) is 20.9 Å². The first-order valence-electron chi connectivity index (χ1n) is 4.23. The molecule has 0 aliphatic heterocycles. The third-order valence-electron chi connectivity index (χ3n) is 2.03. The van der Waals surface area contributed by atoms with Crippen LogP contribution in [0.5, 0.6) is 0 Å². The summed E-state index contributed by atoms with van der Waals surface area (Å²) in [5, 5.41) is 1.04. The minimum atomic E-state index is 0.460. The van der Waals surface area contributed by atoms with Gasteiger partial charge in [0.05, 0.1) is 5.52 Å². The monoisotopic (exact) mass is 249 g/mol. The fourth-order valence-corrected chi connectivity index (χ4v) is 2.09. The normalized spacial score (nSPS) is 10.4. The molecule has 2 aromatic rings. The third-order valence-corrected chi connectivity index (χ3v) is 2.64. The second-order valence-electron chi connectivity index (χ2n) is 3.17. The van der Waals surface area contributed by atoms with Crippen LogP contribution in [-0.4, -0.2) is 11.3 Å². The van der Waals surface area contributed by atoms with Gasteiger partial charge in [0, 0.05) is 9.86 Å². The minimum absolute atomic E-state index is 0.460. The zero-order chi connectivity index (χ0) is 10.1. The van der Waals surface area contributed by atoms with Crippen LogP contribution in [0, 0.1) is 6.92 Å². The highest BCUT2D eigenvalue weighted by atomic mass is 79.9. The molecule has 0 unspecified atom stereocenters. The number of pyridine rings is 1. The van der Waals surface area contributed by atoms with Crippen molar-refractivity contribution in [3.8, 4) is 0 Å². The van der Waals surface area contributed by atoms with E-state index in [1.165, 1.54) is 5.56 Å². The van der Waals surface area contributed by atoms with Crippen molar-refractivity contribution in [1.82, 2.24) is 4.98 Å². The molecule has 0 N–H and O–H groups in total. The first kappa shape index (κ1) is 9.34. The molecule has 0 bridgehead atoms. The number of aromatic nitrogens is 1. The van der Waals surface area contributed by atoms with Gasteiger partial charge in [-0.05, 0) is 46.6 Å². The Kier molecular flexibility index (Phi) is 2.33. The fourth-order valence-electron chi connectivity index (χ4n) is 1.41. The quantitative estimate of drug-likeness (QED) is 0.728. The van der Waals surface area contributed by atoms with Gasteiger partial charge in [0.25, 0.3) is 0 Å². The lowest BCUT2D eigenvalue weighted by Gasteiger charge is -2.02. The van der Waals surface area contributed by atoms with E-state index in [4.69, 9.17) is 0 Å². The average Bonchev–Trinajstić information content (AvgIpc) is 2.17. The summed E-state index contributed by atoms with van der Waals surface area (Å²) >= 11 is 3.43. The summed E-state index contributed by atoms with van der Waals surface area (Å²) < 4.78 is 0.927. The Morgan fingerprint density at radius 1 is 1.36 bits per heavy atom. The minimum Gasteiger partial charge on any atom is -0.296 e. The number of aryl methyl sites for hydroxylation is 1. The molecular formula is C11H8BrNO.